The van der Waals surface area contributed by atoms with Gasteiger partial charge >= 0.3 is 0 Å². The van der Waals surface area contributed by atoms with Gasteiger partial charge in [-0.3, -0.25) is 0 Å². The maximum Gasteiger partial charge on any atom is 0.0578 e. The standard InChI is InChI=1S/C49H43N/c1-47(2)39-20-12-9-17-34(39)36-25-23-31(28-42(36)47)50(32-24-26-37-35-18-10-13-21-40(35)48(3,4)43(37)29-32)46-33-16-8-7-15-30(33)27-44-45(46)38-19-11-14-22-41(38)49(44,5)6/h7-26,28-29,44H,27H2,1-6H3. The van der Waals surface area contributed by atoms with Gasteiger partial charge in [-0.1, -0.05) is 151 Å². The van der Waals surface area contributed by atoms with E-state index in [0.717, 1.165) is 6.42 Å². The lowest BCUT2D eigenvalue weighted by molar-refractivity contribution is 0.409. The van der Waals surface area contributed by atoms with Gasteiger partial charge in [-0.2, -0.15) is 0 Å². The molecule has 50 heavy (non-hydrogen) atoms. The smallest absolute Gasteiger partial charge is 0.0578 e. The van der Waals surface area contributed by atoms with Gasteiger partial charge in [-0.15, -0.1) is 0 Å². The lowest BCUT2D eigenvalue weighted by atomic mass is 9.71. The minimum Gasteiger partial charge on any atom is -0.310 e. The van der Waals surface area contributed by atoms with Crippen molar-refractivity contribution in [2.24, 2.45) is 5.92 Å². The van der Waals surface area contributed by atoms with E-state index >= 15 is 0 Å². The summed E-state index contributed by atoms with van der Waals surface area (Å²) in [6.45, 7) is 14.5. The number of anilines is 2. The first-order valence-corrected chi connectivity index (χ1v) is 18.3. The molecule has 0 amide bonds. The van der Waals surface area contributed by atoms with Crippen molar-refractivity contribution in [3.05, 3.63) is 178 Å². The molecule has 1 heteroatoms. The van der Waals surface area contributed by atoms with E-state index in [1.807, 2.05) is 0 Å². The highest BCUT2D eigenvalue weighted by atomic mass is 15.2. The summed E-state index contributed by atoms with van der Waals surface area (Å²) in [5, 5.41) is 0. The van der Waals surface area contributed by atoms with Crippen LogP contribution in [-0.4, -0.2) is 0 Å². The summed E-state index contributed by atoms with van der Waals surface area (Å²) in [5.41, 5.74) is 21.8. The van der Waals surface area contributed by atoms with Crippen LogP contribution in [0.4, 0.5) is 11.4 Å². The topological polar surface area (TPSA) is 3.24 Å². The van der Waals surface area contributed by atoms with Crippen LogP contribution >= 0.6 is 0 Å². The molecule has 0 aromatic heterocycles. The monoisotopic (exact) mass is 645 g/mol. The van der Waals surface area contributed by atoms with Crippen LogP contribution in [0, 0.1) is 5.92 Å². The van der Waals surface area contributed by atoms with Crippen LogP contribution in [0.25, 0.3) is 33.5 Å². The molecule has 0 heterocycles. The Morgan fingerprint density at radius 1 is 0.440 bits per heavy atom. The van der Waals surface area contributed by atoms with Gasteiger partial charge in [0.1, 0.15) is 0 Å². The first kappa shape index (κ1) is 29.7. The number of rotatable bonds is 3. The number of nitrogens with zero attached hydrogens (tertiary/aromatic N) is 1. The first-order chi connectivity index (χ1) is 24.1. The molecule has 6 aromatic rings. The van der Waals surface area contributed by atoms with E-state index in [9.17, 15) is 0 Å². The van der Waals surface area contributed by atoms with Crippen molar-refractivity contribution >= 4 is 22.6 Å². The lowest BCUT2D eigenvalue weighted by Gasteiger charge is -2.39. The molecule has 244 valence electrons. The Kier molecular flexibility index (Phi) is 5.94. The third-order valence-electron chi connectivity index (χ3n) is 13.0. The molecule has 0 saturated heterocycles. The average molecular weight is 646 g/mol. The second kappa shape index (κ2) is 9.98. The predicted molar refractivity (Wildman–Crippen MR) is 210 cm³/mol. The fraction of sp³-hybridized carbons (Fsp3) is 0.224. The fourth-order valence-electron chi connectivity index (χ4n) is 10.3. The van der Waals surface area contributed by atoms with Gasteiger partial charge in [0.05, 0.1) is 5.70 Å². The highest BCUT2D eigenvalue weighted by Crippen LogP contribution is 2.59. The zero-order valence-corrected chi connectivity index (χ0v) is 29.9. The molecule has 1 nitrogen and oxygen atoms in total. The number of hydrogen-bond acceptors (Lipinski definition) is 1. The van der Waals surface area contributed by atoms with Gasteiger partial charge in [-0.05, 0) is 109 Å². The molecule has 0 N–H and O–H groups in total. The Morgan fingerprint density at radius 2 is 0.880 bits per heavy atom. The van der Waals surface area contributed by atoms with Crippen molar-refractivity contribution in [1.82, 2.24) is 0 Å². The Hall–Kier alpha value is -5.14. The third-order valence-corrected chi connectivity index (χ3v) is 13.0. The van der Waals surface area contributed by atoms with E-state index in [1.54, 1.807) is 0 Å². The third kappa shape index (κ3) is 3.79. The summed E-state index contributed by atoms with van der Waals surface area (Å²) in [7, 11) is 0. The van der Waals surface area contributed by atoms with Gasteiger partial charge < -0.3 is 4.90 Å². The fourth-order valence-corrected chi connectivity index (χ4v) is 10.3. The molecule has 0 fully saturated rings. The second-order valence-corrected chi connectivity index (χ2v) is 16.6. The Labute approximate surface area is 297 Å². The molecule has 1 unspecified atom stereocenters. The van der Waals surface area contributed by atoms with Crippen LogP contribution in [0.15, 0.2) is 133 Å². The van der Waals surface area contributed by atoms with Gasteiger partial charge in [-0.25, -0.2) is 0 Å². The van der Waals surface area contributed by atoms with Crippen LogP contribution in [0.2, 0.25) is 0 Å². The molecule has 0 radical (unpaired) electrons. The number of benzene rings is 6. The number of hydrogen-bond donors (Lipinski definition) is 0. The number of allylic oxidation sites excluding steroid dienone is 1. The summed E-state index contributed by atoms with van der Waals surface area (Å²) in [6, 6.07) is 50.9. The maximum atomic E-state index is 2.64. The summed E-state index contributed by atoms with van der Waals surface area (Å²) >= 11 is 0. The number of fused-ring (bicyclic) bond motifs is 10. The average Bonchev–Trinajstić information content (AvgIpc) is 3.61. The van der Waals surface area contributed by atoms with Crippen molar-refractivity contribution in [3.8, 4) is 22.3 Å². The van der Waals surface area contributed by atoms with Crippen molar-refractivity contribution in [2.45, 2.75) is 64.2 Å². The van der Waals surface area contributed by atoms with Crippen molar-refractivity contribution < 1.29 is 0 Å². The van der Waals surface area contributed by atoms with Crippen LogP contribution in [-0.2, 0) is 22.7 Å². The Morgan fingerprint density at radius 3 is 1.44 bits per heavy atom. The van der Waals surface area contributed by atoms with Crippen LogP contribution in [0.1, 0.15) is 86.1 Å². The van der Waals surface area contributed by atoms with Gasteiger partial charge in [0, 0.05) is 27.8 Å². The van der Waals surface area contributed by atoms with Crippen molar-refractivity contribution in [3.63, 3.8) is 0 Å². The van der Waals surface area contributed by atoms with Crippen molar-refractivity contribution in [1.29, 1.82) is 0 Å². The van der Waals surface area contributed by atoms with E-state index < -0.39 is 0 Å². The van der Waals surface area contributed by atoms with Gasteiger partial charge in [0.2, 0.25) is 0 Å². The van der Waals surface area contributed by atoms with E-state index in [2.05, 4.69) is 180 Å². The van der Waals surface area contributed by atoms with Gasteiger partial charge in [0.15, 0.2) is 0 Å². The SMILES string of the molecule is CC1(C)c2ccccc2-c2ccc(N(C3=C4c5ccccc5C(C)(C)C4Cc4ccccc43)c3ccc4c(c3)C(C)(C)c3ccccc3-4)cc21. The molecule has 0 saturated carbocycles. The minimum absolute atomic E-state index is 0.0134. The van der Waals surface area contributed by atoms with Crippen molar-refractivity contribution in [2.75, 3.05) is 4.90 Å². The largest absolute Gasteiger partial charge is 0.310 e. The molecule has 0 bridgehead atoms. The molecule has 0 aliphatic heterocycles. The summed E-state index contributed by atoms with van der Waals surface area (Å²) in [6.07, 6.45) is 1.05. The summed E-state index contributed by atoms with van der Waals surface area (Å²) in [5.74, 6) is 0.373. The van der Waals surface area contributed by atoms with Gasteiger partial charge in [0.25, 0.3) is 0 Å². The molecular formula is C49H43N. The summed E-state index contributed by atoms with van der Waals surface area (Å²) in [4.78, 5) is 2.64. The lowest BCUT2D eigenvalue weighted by Crippen LogP contribution is -2.31. The Balaban J connectivity index is 1.29. The van der Waals surface area contributed by atoms with Crippen LogP contribution in [0.3, 0.4) is 0 Å². The quantitative estimate of drug-likeness (QED) is 0.185. The zero-order valence-electron chi connectivity index (χ0n) is 29.9. The molecule has 4 aliphatic carbocycles. The molecule has 6 aromatic carbocycles. The first-order valence-electron chi connectivity index (χ1n) is 18.3. The summed E-state index contributed by atoms with van der Waals surface area (Å²) < 4.78 is 0. The maximum absolute atomic E-state index is 2.64. The Bertz CT molecular complexity index is 2340. The highest BCUT2D eigenvalue weighted by Gasteiger charge is 2.48. The van der Waals surface area contributed by atoms with Crippen LogP contribution in [0.5, 0.6) is 0 Å². The minimum atomic E-state index is -0.0953. The predicted octanol–water partition coefficient (Wildman–Crippen LogP) is 12.5. The molecule has 10 rings (SSSR count). The molecular weight excluding hydrogens is 603 g/mol. The van der Waals surface area contributed by atoms with E-state index in [0.29, 0.717) is 5.92 Å². The van der Waals surface area contributed by atoms with Crippen LogP contribution < -0.4 is 4.90 Å². The second-order valence-electron chi connectivity index (χ2n) is 16.6. The molecule has 0 spiro atoms. The molecule has 4 aliphatic rings. The van der Waals surface area contributed by atoms with E-state index in [1.165, 1.54) is 89.4 Å². The van der Waals surface area contributed by atoms with E-state index in [4.69, 9.17) is 0 Å². The zero-order chi connectivity index (χ0) is 34.2. The highest BCUT2D eigenvalue weighted by molar-refractivity contribution is 6.06. The van der Waals surface area contributed by atoms with E-state index in [-0.39, 0.29) is 16.2 Å². The normalized spacial score (nSPS) is 19.1. The molecule has 1 atom stereocenters.